The van der Waals surface area contributed by atoms with Crippen molar-refractivity contribution in [2.45, 2.75) is 26.3 Å². The van der Waals surface area contributed by atoms with E-state index in [2.05, 4.69) is 22.2 Å². The summed E-state index contributed by atoms with van der Waals surface area (Å²) in [6.45, 7) is 4.09. The van der Waals surface area contributed by atoms with Crippen molar-refractivity contribution in [2.24, 2.45) is 0 Å². The topological polar surface area (TPSA) is 109 Å². The standard InChI is InChI=1S/C27H27N5O4/c1-2-13-31-14-12-22-20(16-31)26(19-10-6-7-11-21(19)28-22)27(35)36-17-24(33)29-23-15-25(34)32(30-23)18-8-4-3-5-9-18/h3-11,15,30H,2,12-14,16-17H2,1H3,(H,29,33). The molecule has 2 N–H and O–H groups in total. The third-order valence-electron chi connectivity index (χ3n) is 6.21. The number of aromatic nitrogens is 3. The number of hydrogen-bond donors (Lipinski definition) is 2. The van der Waals surface area contributed by atoms with Gasteiger partial charge in [-0.3, -0.25) is 24.6 Å². The number of nitrogens with zero attached hydrogens (tertiary/aromatic N) is 3. The van der Waals surface area contributed by atoms with Gasteiger partial charge in [0.25, 0.3) is 11.5 Å². The van der Waals surface area contributed by atoms with E-state index in [0.717, 1.165) is 42.7 Å². The molecule has 4 aromatic rings. The highest BCUT2D eigenvalue weighted by molar-refractivity contribution is 6.06. The SMILES string of the molecule is CCCN1CCc2nc3ccccc3c(C(=O)OCC(=O)Nc3cc(=O)n(-c4ccccc4)[nH]3)c2C1. The third kappa shape index (κ3) is 4.78. The highest BCUT2D eigenvalue weighted by Crippen LogP contribution is 2.29. The highest BCUT2D eigenvalue weighted by atomic mass is 16.5. The Kier molecular flexibility index (Phi) is 6.64. The molecule has 0 atom stereocenters. The van der Waals surface area contributed by atoms with Crippen molar-refractivity contribution < 1.29 is 14.3 Å². The molecule has 1 aliphatic rings. The molecule has 0 unspecified atom stereocenters. The molecule has 0 fully saturated rings. The van der Waals surface area contributed by atoms with Crippen LogP contribution in [0, 0.1) is 0 Å². The van der Waals surface area contributed by atoms with Gasteiger partial charge in [-0.15, -0.1) is 0 Å². The number of aromatic amines is 1. The summed E-state index contributed by atoms with van der Waals surface area (Å²) in [5, 5.41) is 6.15. The summed E-state index contributed by atoms with van der Waals surface area (Å²) in [7, 11) is 0. The first-order chi connectivity index (χ1) is 17.5. The molecule has 0 radical (unpaired) electrons. The number of benzene rings is 2. The van der Waals surface area contributed by atoms with E-state index in [1.54, 1.807) is 12.1 Å². The number of anilines is 1. The minimum atomic E-state index is -0.561. The summed E-state index contributed by atoms with van der Waals surface area (Å²) in [5.41, 5.74) is 3.28. The smallest absolute Gasteiger partial charge is 0.339 e. The first kappa shape index (κ1) is 23.5. The number of carbonyl (C=O) groups is 2. The number of para-hydroxylation sites is 2. The Morgan fingerprint density at radius 1 is 1.11 bits per heavy atom. The van der Waals surface area contributed by atoms with E-state index < -0.39 is 18.5 Å². The van der Waals surface area contributed by atoms with Gasteiger partial charge in [0.05, 0.1) is 16.8 Å². The van der Waals surface area contributed by atoms with Crippen molar-refractivity contribution in [2.75, 3.05) is 25.0 Å². The molecule has 36 heavy (non-hydrogen) atoms. The molecule has 0 bridgehead atoms. The molecule has 2 aromatic heterocycles. The van der Waals surface area contributed by atoms with Crippen LogP contribution in [0.4, 0.5) is 5.82 Å². The summed E-state index contributed by atoms with van der Waals surface area (Å²) in [6.07, 6.45) is 1.77. The van der Waals surface area contributed by atoms with E-state index in [4.69, 9.17) is 9.72 Å². The van der Waals surface area contributed by atoms with Crippen molar-refractivity contribution in [3.63, 3.8) is 0 Å². The zero-order valence-electron chi connectivity index (χ0n) is 20.0. The van der Waals surface area contributed by atoms with E-state index in [0.29, 0.717) is 23.2 Å². The number of carbonyl (C=O) groups excluding carboxylic acids is 2. The van der Waals surface area contributed by atoms with Gasteiger partial charge >= 0.3 is 5.97 Å². The summed E-state index contributed by atoms with van der Waals surface area (Å²) in [5.74, 6) is -0.898. The number of pyridine rings is 1. The van der Waals surface area contributed by atoms with Gasteiger partial charge in [0.1, 0.15) is 5.82 Å². The number of esters is 1. The average Bonchev–Trinajstić information content (AvgIpc) is 3.26. The quantitative estimate of drug-likeness (QED) is 0.389. The average molecular weight is 486 g/mol. The van der Waals surface area contributed by atoms with Crippen LogP contribution in [0.3, 0.4) is 0 Å². The van der Waals surface area contributed by atoms with E-state index >= 15 is 0 Å². The zero-order valence-corrected chi connectivity index (χ0v) is 20.0. The van der Waals surface area contributed by atoms with Crippen LogP contribution in [-0.4, -0.2) is 51.2 Å². The van der Waals surface area contributed by atoms with Crippen LogP contribution in [0.2, 0.25) is 0 Å². The molecule has 5 rings (SSSR count). The number of hydrogen-bond acceptors (Lipinski definition) is 6. The maximum atomic E-state index is 13.3. The van der Waals surface area contributed by atoms with Crippen molar-refractivity contribution in [3.8, 4) is 5.69 Å². The number of H-pyrrole nitrogens is 1. The molecule has 9 heteroatoms. The van der Waals surface area contributed by atoms with Crippen molar-refractivity contribution >= 4 is 28.6 Å². The monoisotopic (exact) mass is 485 g/mol. The molecule has 1 aliphatic heterocycles. The van der Waals surface area contributed by atoms with Gasteiger partial charge in [-0.2, -0.15) is 0 Å². The second kappa shape index (κ2) is 10.2. The maximum absolute atomic E-state index is 13.3. The van der Waals surface area contributed by atoms with E-state index in [1.807, 2.05) is 42.5 Å². The number of ether oxygens (including phenoxy) is 1. The van der Waals surface area contributed by atoms with Crippen LogP contribution < -0.4 is 10.9 Å². The molecule has 9 nitrogen and oxygen atoms in total. The minimum Gasteiger partial charge on any atom is -0.452 e. The lowest BCUT2D eigenvalue weighted by atomic mass is 9.95. The van der Waals surface area contributed by atoms with Crippen LogP contribution in [0.25, 0.3) is 16.6 Å². The number of amides is 1. The van der Waals surface area contributed by atoms with Gasteiger partial charge in [0.2, 0.25) is 0 Å². The third-order valence-corrected chi connectivity index (χ3v) is 6.21. The van der Waals surface area contributed by atoms with E-state index in [1.165, 1.54) is 10.7 Å². The Bertz CT molecular complexity index is 1470. The molecule has 0 saturated carbocycles. The van der Waals surface area contributed by atoms with E-state index in [-0.39, 0.29) is 11.4 Å². The largest absolute Gasteiger partial charge is 0.452 e. The van der Waals surface area contributed by atoms with Crippen molar-refractivity contribution in [1.29, 1.82) is 0 Å². The van der Waals surface area contributed by atoms with Crippen LogP contribution >= 0.6 is 0 Å². The van der Waals surface area contributed by atoms with E-state index in [9.17, 15) is 14.4 Å². The molecule has 0 aliphatic carbocycles. The van der Waals surface area contributed by atoms with Gasteiger partial charge in [0, 0.05) is 42.2 Å². The lowest BCUT2D eigenvalue weighted by Gasteiger charge is -2.29. The van der Waals surface area contributed by atoms with Gasteiger partial charge in [-0.05, 0) is 31.2 Å². The maximum Gasteiger partial charge on any atom is 0.339 e. The zero-order chi connectivity index (χ0) is 25.1. The minimum absolute atomic E-state index is 0.215. The highest BCUT2D eigenvalue weighted by Gasteiger charge is 2.26. The Labute approximate surface area is 207 Å². The molecule has 0 spiro atoms. The Hall–Kier alpha value is -4.24. The molecule has 0 saturated heterocycles. The second-order valence-corrected chi connectivity index (χ2v) is 8.76. The van der Waals surface area contributed by atoms with Gasteiger partial charge in [0.15, 0.2) is 6.61 Å². The predicted molar refractivity (Wildman–Crippen MR) is 136 cm³/mol. The van der Waals surface area contributed by atoms with Crippen LogP contribution in [-0.2, 0) is 22.5 Å². The predicted octanol–water partition coefficient (Wildman–Crippen LogP) is 3.28. The molecular weight excluding hydrogens is 458 g/mol. The summed E-state index contributed by atoms with van der Waals surface area (Å²) < 4.78 is 6.78. The normalized spacial score (nSPS) is 13.4. The van der Waals surface area contributed by atoms with Gasteiger partial charge in [-0.25, -0.2) is 9.48 Å². The Morgan fingerprint density at radius 2 is 1.89 bits per heavy atom. The summed E-state index contributed by atoms with van der Waals surface area (Å²) in [6, 6.07) is 17.8. The number of rotatable bonds is 7. The van der Waals surface area contributed by atoms with Crippen molar-refractivity contribution in [1.82, 2.24) is 19.7 Å². The first-order valence-electron chi connectivity index (χ1n) is 12.0. The lowest BCUT2D eigenvalue weighted by molar-refractivity contribution is -0.119. The number of nitrogens with one attached hydrogen (secondary N) is 2. The second-order valence-electron chi connectivity index (χ2n) is 8.76. The fraction of sp³-hybridized carbons (Fsp3) is 0.259. The summed E-state index contributed by atoms with van der Waals surface area (Å²) in [4.78, 5) is 45.2. The Balaban J connectivity index is 1.33. The molecule has 3 heterocycles. The molecular formula is C27H27N5O4. The Morgan fingerprint density at radius 3 is 2.69 bits per heavy atom. The fourth-order valence-electron chi connectivity index (χ4n) is 4.60. The van der Waals surface area contributed by atoms with Gasteiger partial charge in [-0.1, -0.05) is 43.3 Å². The van der Waals surface area contributed by atoms with Gasteiger partial charge < -0.3 is 10.1 Å². The lowest BCUT2D eigenvalue weighted by Crippen LogP contribution is -2.33. The summed E-state index contributed by atoms with van der Waals surface area (Å²) >= 11 is 0. The molecule has 2 aromatic carbocycles. The van der Waals surface area contributed by atoms with Crippen molar-refractivity contribution in [3.05, 3.63) is 87.8 Å². The molecule has 1 amide bonds. The van der Waals surface area contributed by atoms with Crippen LogP contribution in [0.1, 0.15) is 35.0 Å². The first-order valence-corrected chi connectivity index (χ1v) is 12.0. The van der Waals surface area contributed by atoms with Crippen LogP contribution in [0.5, 0.6) is 0 Å². The van der Waals surface area contributed by atoms with Crippen LogP contribution in [0.15, 0.2) is 65.5 Å². The number of fused-ring (bicyclic) bond motifs is 2. The fourth-order valence-corrected chi connectivity index (χ4v) is 4.60. The molecule has 184 valence electrons.